The van der Waals surface area contributed by atoms with Crippen LogP contribution in [0.15, 0.2) is 60.8 Å². The van der Waals surface area contributed by atoms with E-state index in [0.717, 1.165) is 32.5 Å². The average molecular weight is 392 g/mol. The van der Waals surface area contributed by atoms with Crippen LogP contribution in [0.3, 0.4) is 0 Å². The molecule has 0 radical (unpaired) electrons. The zero-order chi connectivity index (χ0) is 20.1. The number of benzene rings is 2. The van der Waals surface area contributed by atoms with Gasteiger partial charge in [-0.1, -0.05) is 42.5 Å². The monoisotopic (exact) mass is 392 g/mol. The van der Waals surface area contributed by atoms with Crippen molar-refractivity contribution < 1.29 is 9.18 Å². The van der Waals surface area contributed by atoms with E-state index in [0.29, 0.717) is 29.3 Å². The molecule has 0 aliphatic carbocycles. The fraction of sp³-hybridized carbons (Fsp3) is 0.304. The molecule has 1 amide bonds. The fourth-order valence-corrected chi connectivity index (χ4v) is 3.94. The van der Waals surface area contributed by atoms with E-state index < -0.39 is 0 Å². The molecule has 2 N–H and O–H groups in total. The van der Waals surface area contributed by atoms with Crippen LogP contribution < -0.4 is 5.32 Å². The second-order valence-electron chi connectivity index (χ2n) is 7.59. The molecule has 2 aromatic carbocycles. The Labute approximate surface area is 169 Å². The van der Waals surface area contributed by atoms with Crippen LogP contribution in [0, 0.1) is 11.7 Å². The molecule has 3 aromatic rings. The smallest absolute Gasteiger partial charge is 0.255 e. The summed E-state index contributed by atoms with van der Waals surface area (Å²) in [6.07, 6.45) is 3.60. The number of rotatable bonds is 7. The first-order chi connectivity index (χ1) is 14.2. The SMILES string of the molecule is O=C(NCC[C@@H]1CCN(Cc2ccccc2)C1)c1cn[nH]c1-c1cccc(F)c1. The highest BCUT2D eigenvalue weighted by Crippen LogP contribution is 2.23. The molecular formula is C23H25FN4O. The minimum absolute atomic E-state index is 0.183. The second-order valence-corrected chi connectivity index (χ2v) is 7.59. The van der Waals surface area contributed by atoms with Crippen molar-refractivity contribution in [3.8, 4) is 11.3 Å². The van der Waals surface area contributed by atoms with Gasteiger partial charge in [-0.2, -0.15) is 5.10 Å². The van der Waals surface area contributed by atoms with Gasteiger partial charge in [0.1, 0.15) is 5.82 Å². The molecular weight excluding hydrogens is 367 g/mol. The largest absolute Gasteiger partial charge is 0.352 e. The number of carbonyl (C=O) groups is 1. The van der Waals surface area contributed by atoms with Crippen LogP contribution in [0.5, 0.6) is 0 Å². The van der Waals surface area contributed by atoms with Crippen molar-refractivity contribution in [1.29, 1.82) is 0 Å². The Morgan fingerprint density at radius 2 is 2.07 bits per heavy atom. The predicted octanol–water partition coefficient (Wildman–Crippen LogP) is 3.86. The van der Waals surface area contributed by atoms with Crippen LogP contribution in [-0.4, -0.2) is 40.6 Å². The van der Waals surface area contributed by atoms with E-state index in [4.69, 9.17) is 0 Å². The van der Waals surface area contributed by atoms with Gasteiger partial charge in [0, 0.05) is 25.2 Å². The molecule has 5 nitrogen and oxygen atoms in total. The highest BCUT2D eigenvalue weighted by atomic mass is 19.1. The molecule has 4 rings (SSSR count). The van der Waals surface area contributed by atoms with Gasteiger partial charge < -0.3 is 5.32 Å². The molecule has 150 valence electrons. The normalized spacial score (nSPS) is 16.8. The van der Waals surface area contributed by atoms with Crippen molar-refractivity contribution in [3.05, 3.63) is 77.7 Å². The highest BCUT2D eigenvalue weighted by molar-refractivity contribution is 5.99. The Hall–Kier alpha value is -2.99. The Balaban J connectivity index is 1.27. The van der Waals surface area contributed by atoms with Gasteiger partial charge in [-0.25, -0.2) is 4.39 Å². The van der Waals surface area contributed by atoms with Gasteiger partial charge in [0.25, 0.3) is 5.91 Å². The number of H-pyrrole nitrogens is 1. The number of hydrogen-bond donors (Lipinski definition) is 2. The molecule has 1 atom stereocenters. The lowest BCUT2D eigenvalue weighted by molar-refractivity contribution is 0.0952. The molecule has 1 fully saturated rings. The first kappa shape index (κ1) is 19.3. The Morgan fingerprint density at radius 1 is 1.21 bits per heavy atom. The van der Waals surface area contributed by atoms with E-state index in [1.54, 1.807) is 12.1 Å². The number of likely N-dealkylation sites (tertiary alicyclic amines) is 1. The van der Waals surface area contributed by atoms with Crippen molar-refractivity contribution in [2.75, 3.05) is 19.6 Å². The molecule has 0 spiro atoms. The highest BCUT2D eigenvalue weighted by Gasteiger charge is 2.22. The molecule has 0 unspecified atom stereocenters. The van der Waals surface area contributed by atoms with Gasteiger partial charge in [-0.05, 0) is 43.0 Å². The quantitative estimate of drug-likeness (QED) is 0.642. The summed E-state index contributed by atoms with van der Waals surface area (Å²) in [7, 11) is 0. The first-order valence-corrected chi connectivity index (χ1v) is 10.0. The lowest BCUT2D eigenvalue weighted by atomic mass is 10.0. The maximum absolute atomic E-state index is 13.5. The number of nitrogens with one attached hydrogen (secondary N) is 2. The van der Waals surface area contributed by atoms with E-state index in [2.05, 4.69) is 44.7 Å². The number of carbonyl (C=O) groups excluding carboxylic acids is 1. The minimum atomic E-state index is -0.343. The Kier molecular flexibility index (Phi) is 6.00. The number of aromatic amines is 1. The summed E-state index contributed by atoms with van der Waals surface area (Å²) in [5, 5.41) is 9.77. The van der Waals surface area contributed by atoms with Crippen molar-refractivity contribution in [2.24, 2.45) is 5.92 Å². The molecule has 6 heteroatoms. The summed E-state index contributed by atoms with van der Waals surface area (Å²) in [6.45, 7) is 3.76. The fourth-order valence-electron chi connectivity index (χ4n) is 3.94. The molecule has 29 heavy (non-hydrogen) atoms. The third-order valence-electron chi connectivity index (χ3n) is 5.45. The summed E-state index contributed by atoms with van der Waals surface area (Å²) >= 11 is 0. The van der Waals surface area contributed by atoms with Crippen LogP contribution in [0.4, 0.5) is 4.39 Å². The summed E-state index contributed by atoms with van der Waals surface area (Å²) < 4.78 is 13.5. The van der Waals surface area contributed by atoms with Crippen LogP contribution in [0.25, 0.3) is 11.3 Å². The maximum Gasteiger partial charge on any atom is 0.255 e. The second kappa shape index (κ2) is 9.01. The van der Waals surface area contributed by atoms with Crippen LogP contribution in [0.2, 0.25) is 0 Å². The number of amides is 1. The van der Waals surface area contributed by atoms with E-state index in [1.807, 2.05) is 6.07 Å². The lowest BCUT2D eigenvalue weighted by Gasteiger charge is -2.16. The van der Waals surface area contributed by atoms with E-state index >= 15 is 0 Å². The average Bonchev–Trinajstić information content (AvgIpc) is 3.38. The van der Waals surface area contributed by atoms with E-state index in [9.17, 15) is 9.18 Å². The van der Waals surface area contributed by atoms with E-state index in [-0.39, 0.29) is 11.7 Å². The zero-order valence-corrected chi connectivity index (χ0v) is 16.3. The van der Waals surface area contributed by atoms with Gasteiger partial charge >= 0.3 is 0 Å². The van der Waals surface area contributed by atoms with Gasteiger partial charge in [-0.3, -0.25) is 14.8 Å². The summed E-state index contributed by atoms with van der Waals surface area (Å²) in [5.41, 5.74) is 2.93. The van der Waals surface area contributed by atoms with Gasteiger partial charge in [0.15, 0.2) is 0 Å². The maximum atomic E-state index is 13.5. The Morgan fingerprint density at radius 3 is 2.90 bits per heavy atom. The van der Waals surface area contributed by atoms with Crippen molar-refractivity contribution >= 4 is 5.91 Å². The molecule has 1 aromatic heterocycles. The van der Waals surface area contributed by atoms with Crippen LogP contribution >= 0.6 is 0 Å². The number of hydrogen-bond acceptors (Lipinski definition) is 3. The van der Waals surface area contributed by atoms with Crippen molar-refractivity contribution in [1.82, 2.24) is 20.4 Å². The van der Waals surface area contributed by atoms with Crippen molar-refractivity contribution in [2.45, 2.75) is 19.4 Å². The number of halogens is 1. The van der Waals surface area contributed by atoms with Gasteiger partial charge in [0.2, 0.25) is 0 Å². The number of aromatic nitrogens is 2. The molecule has 0 saturated carbocycles. The first-order valence-electron chi connectivity index (χ1n) is 10.0. The Bertz CT molecular complexity index is 956. The topological polar surface area (TPSA) is 61.0 Å². The molecule has 2 heterocycles. The summed E-state index contributed by atoms with van der Waals surface area (Å²) in [6, 6.07) is 16.7. The third-order valence-corrected chi connectivity index (χ3v) is 5.45. The van der Waals surface area contributed by atoms with Crippen LogP contribution in [-0.2, 0) is 6.54 Å². The third kappa shape index (κ3) is 4.90. The molecule has 0 bridgehead atoms. The standard InChI is InChI=1S/C23H25FN4O/c24-20-8-4-7-19(13-20)22-21(14-26-27-22)23(29)25-11-9-18-10-12-28(16-18)15-17-5-2-1-3-6-17/h1-8,13-14,18H,9-12,15-16H2,(H,25,29)(H,26,27)/t18-/m1/s1. The summed E-state index contributed by atoms with van der Waals surface area (Å²) in [4.78, 5) is 15.1. The van der Waals surface area contributed by atoms with E-state index in [1.165, 1.54) is 23.9 Å². The van der Waals surface area contributed by atoms with Crippen LogP contribution in [0.1, 0.15) is 28.8 Å². The lowest BCUT2D eigenvalue weighted by Crippen LogP contribution is -2.27. The van der Waals surface area contributed by atoms with Gasteiger partial charge in [-0.15, -0.1) is 0 Å². The van der Waals surface area contributed by atoms with Crippen molar-refractivity contribution in [3.63, 3.8) is 0 Å². The van der Waals surface area contributed by atoms with Gasteiger partial charge in [0.05, 0.1) is 17.5 Å². The molecule has 1 aliphatic heterocycles. The zero-order valence-electron chi connectivity index (χ0n) is 16.3. The summed E-state index contributed by atoms with van der Waals surface area (Å²) in [5.74, 6) is 0.0629. The number of nitrogens with zero attached hydrogens (tertiary/aromatic N) is 2. The minimum Gasteiger partial charge on any atom is -0.352 e. The molecule has 1 aliphatic rings. The predicted molar refractivity (Wildman–Crippen MR) is 111 cm³/mol. The molecule has 1 saturated heterocycles.